The molecule has 0 aromatic rings. The van der Waals surface area contributed by atoms with E-state index in [-0.39, 0.29) is 30.7 Å². The standard InChI is InChI=1S/C15H21BBrNO3/c1-9-10-6-11(9)15(2)12(7-10)20-16(21-15)13-4-3-5-18(13)14(19)8-17/h11-13H,3-8H2,1-2H3/t11?,12?,13-,15-/m0/s1. The lowest BCUT2D eigenvalue weighted by atomic mass is 9.60. The van der Waals surface area contributed by atoms with Crippen molar-refractivity contribution in [2.75, 3.05) is 11.9 Å². The molecular weight excluding hydrogens is 333 g/mol. The molecule has 1 amide bonds. The molecule has 2 heterocycles. The molecule has 1 saturated carbocycles. The fourth-order valence-electron chi connectivity index (χ4n) is 4.62. The van der Waals surface area contributed by atoms with Gasteiger partial charge in [-0.2, -0.15) is 0 Å². The summed E-state index contributed by atoms with van der Waals surface area (Å²) in [6, 6.07) is 0. The average molecular weight is 354 g/mol. The summed E-state index contributed by atoms with van der Waals surface area (Å²) < 4.78 is 12.7. The lowest BCUT2D eigenvalue weighted by molar-refractivity contribution is -0.128. The van der Waals surface area contributed by atoms with Crippen LogP contribution in [0.5, 0.6) is 0 Å². The van der Waals surface area contributed by atoms with E-state index in [4.69, 9.17) is 9.31 Å². The summed E-state index contributed by atoms with van der Waals surface area (Å²) in [7, 11) is -0.252. The third-order valence-electron chi connectivity index (χ3n) is 6.01. The van der Waals surface area contributed by atoms with Crippen LogP contribution in [0, 0.1) is 5.92 Å². The van der Waals surface area contributed by atoms with Gasteiger partial charge in [0.2, 0.25) is 5.91 Å². The van der Waals surface area contributed by atoms with E-state index in [1.54, 1.807) is 5.57 Å². The number of likely N-dealkylation sites (tertiary alicyclic amines) is 1. The highest BCUT2D eigenvalue weighted by molar-refractivity contribution is 9.09. The van der Waals surface area contributed by atoms with E-state index >= 15 is 0 Å². The Morgan fingerprint density at radius 1 is 1.52 bits per heavy atom. The van der Waals surface area contributed by atoms with E-state index < -0.39 is 0 Å². The molecule has 2 bridgehead atoms. The summed E-state index contributed by atoms with van der Waals surface area (Å²) in [4.78, 5) is 14.0. The molecule has 114 valence electrons. The van der Waals surface area contributed by atoms with E-state index in [1.807, 2.05) is 4.90 Å². The van der Waals surface area contributed by atoms with Gasteiger partial charge < -0.3 is 14.2 Å². The van der Waals surface area contributed by atoms with Gasteiger partial charge in [-0.15, -0.1) is 0 Å². The number of rotatable bonds is 2. The summed E-state index contributed by atoms with van der Waals surface area (Å²) in [5.74, 6) is 0.740. The van der Waals surface area contributed by atoms with Crippen LogP contribution in [0.25, 0.3) is 0 Å². The van der Waals surface area contributed by atoms with Crippen LogP contribution in [0.2, 0.25) is 0 Å². The molecule has 6 heteroatoms. The van der Waals surface area contributed by atoms with Gasteiger partial charge in [-0.25, -0.2) is 0 Å². The first-order valence-corrected chi connectivity index (χ1v) is 9.04. The predicted molar refractivity (Wildman–Crippen MR) is 84.1 cm³/mol. The Labute approximate surface area is 134 Å². The summed E-state index contributed by atoms with van der Waals surface area (Å²) in [5, 5.41) is 0.379. The van der Waals surface area contributed by atoms with Gasteiger partial charge >= 0.3 is 7.12 Å². The molecular formula is C15H21BBrNO3. The Balaban J connectivity index is 1.54. The molecule has 4 atom stereocenters. The second-order valence-corrected chi connectivity index (χ2v) is 7.53. The first kappa shape index (κ1) is 14.3. The highest BCUT2D eigenvalue weighted by Gasteiger charge is 2.61. The first-order valence-electron chi connectivity index (χ1n) is 7.92. The molecule has 2 aliphatic heterocycles. The molecule has 2 unspecified atom stereocenters. The Bertz CT molecular complexity index is 525. The van der Waals surface area contributed by atoms with Crippen molar-refractivity contribution in [3.8, 4) is 0 Å². The zero-order chi connectivity index (χ0) is 14.8. The Morgan fingerprint density at radius 2 is 2.33 bits per heavy atom. The zero-order valence-electron chi connectivity index (χ0n) is 12.6. The number of carbonyl (C=O) groups is 1. The maximum atomic E-state index is 12.1. The molecule has 3 fully saturated rings. The van der Waals surface area contributed by atoms with Crippen molar-refractivity contribution in [2.24, 2.45) is 5.92 Å². The van der Waals surface area contributed by atoms with Gasteiger partial charge in [0.1, 0.15) is 0 Å². The van der Waals surface area contributed by atoms with Gasteiger partial charge in [-0.3, -0.25) is 4.79 Å². The summed E-state index contributed by atoms with van der Waals surface area (Å²) in [5.41, 5.74) is 2.88. The van der Waals surface area contributed by atoms with Gasteiger partial charge in [-0.1, -0.05) is 27.1 Å². The van der Waals surface area contributed by atoms with E-state index in [0.29, 0.717) is 11.2 Å². The Hall–Kier alpha value is -0.325. The summed E-state index contributed by atoms with van der Waals surface area (Å²) >= 11 is 3.28. The minimum atomic E-state index is -0.252. The van der Waals surface area contributed by atoms with Gasteiger partial charge in [0.25, 0.3) is 0 Å². The second kappa shape index (κ2) is 4.83. The van der Waals surface area contributed by atoms with Crippen LogP contribution < -0.4 is 0 Å². The number of carbonyl (C=O) groups excluding carboxylic acids is 1. The van der Waals surface area contributed by atoms with Crippen LogP contribution in [0.3, 0.4) is 0 Å². The molecule has 0 aromatic heterocycles. The third-order valence-corrected chi connectivity index (χ3v) is 6.49. The monoisotopic (exact) mass is 353 g/mol. The maximum Gasteiger partial charge on any atom is 0.481 e. The molecule has 0 N–H and O–H groups in total. The predicted octanol–water partition coefficient (Wildman–Crippen LogP) is 2.31. The van der Waals surface area contributed by atoms with Gasteiger partial charge in [0.05, 0.1) is 23.0 Å². The highest BCUT2D eigenvalue weighted by Crippen LogP contribution is 2.56. The molecule has 0 spiro atoms. The number of hydrogen-bond acceptors (Lipinski definition) is 3. The van der Waals surface area contributed by atoms with E-state index in [2.05, 4.69) is 29.8 Å². The number of alkyl halides is 1. The lowest BCUT2D eigenvalue weighted by Crippen LogP contribution is -2.53. The molecule has 5 rings (SSSR count). The van der Waals surface area contributed by atoms with Crippen molar-refractivity contribution in [1.82, 2.24) is 4.90 Å². The van der Waals surface area contributed by atoms with Crippen LogP contribution in [-0.4, -0.2) is 47.4 Å². The van der Waals surface area contributed by atoms with Gasteiger partial charge in [0, 0.05) is 12.5 Å². The van der Waals surface area contributed by atoms with E-state index in [1.165, 1.54) is 12.0 Å². The second-order valence-electron chi connectivity index (χ2n) is 6.97. The highest BCUT2D eigenvalue weighted by atomic mass is 79.9. The molecule has 5 aliphatic rings. The first-order chi connectivity index (χ1) is 10.0. The Kier molecular flexibility index (Phi) is 3.29. The number of halogens is 1. The molecule has 4 nitrogen and oxygen atoms in total. The van der Waals surface area contributed by atoms with Crippen LogP contribution in [0.15, 0.2) is 11.1 Å². The van der Waals surface area contributed by atoms with Crippen LogP contribution >= 0.6 is 15.9 Å². The van der Waals surface area contributed by atoms with Gasteiger partial charge in [0.15, 0.2) is 0 Å². The normalized spacial score (nSPS) is 41.4. The number of nitrogens with zero attached hydrogens (tertiary/aromatic N) is 1. The lowest BCUT2D eigenvalue weighted by Gasteiger charge is -2.51. The smallest absolute Gasteiger partial charge is 0.404 e. The van der Waals surface area contributed by atoms with Crippen LogP contribution in [0.1, 0.15) is 39.5 Å². The summed E-state index contributed by atoms with van der Waals surface area (Å²) in [6.45, 7) is 5.26. The van der Waals surface area contributed by atoms with Crippen LogP contribution in [0.4, 0.5) is 0 Å². The van der Waals surface area contributed by atoms with Gasteiger partial charge in [-0.05, 0) is 39.5 Å². The fourth-order valence-corrected chi connectivity index (χ4v) is 4.94. The van der Waals surface area contributed by atoms with Crippen molar-refractivity contribution in [3.63, 3.8) is 0 Å². The number of hydrogen-bond donors (Lipinski definition) is 0. The van der Waals surface area contributed by atoms with E-state index in [9.17, 15) is 4.79 Å². The van der Waals surface area contributed by atoms with Crippen molar-refractivity contribution in [3.05, 3.63) is 11.1 Å². The maximum absolute atomic E-state index is 12.1. The Morgan fingerprint density at radius 3 is 3.05 bits per heavy atom. The molecule has 21 heavy (non-hydrogen) atoms. The summed E-state index contributed by atoms with van der Waals surface area (Å²) in [6.07, 6.45) is 4.37. The molecule has 2 saturated heterocycles. The largest absolute Gasteiger partial charge is 0.481 e. The van der Waals surface area contributed by atoms with E-state index in [0.717, 1.165) is 25.8 Å². The van der Waals surface area contributed by atoms with Crippen molar-refractivity contribution in [1.29, 1.82) is 0 Å². The fraction of sp³-hybridized carbons (Fsp3) is 0.800. The minimum Gasteiger partial charge on any atom is -0.404 e. The minimum absolute atomic E-state index is 0.0833. The third kappa shape index (κ3) is 1.91. The topological polar surface area (TPSA) is 38.8 Å². The quantitative estimate of drug-likeness (QED) is 0.434. The molecule has 0 aromatic carbocycles. The zero-order valence-corrected chi connectivity index (χ0v) is 14.2. The van der Waals surface area contributed by atoms with Crippen molar-refractivity contribution >= 4 is 29.0 Å². The molecule has 3 aliphatic carbocycles. The SMILES string of the molecule is CC1=C2CC3OB([C@@H]4CCCN4C(=O)CBr)O[C@@]3(C)C1C2. The average Bonchev–Trinajstić information content (AvgIpc) is 3.07. The number of amides is 1. The van der Waals surface area contributed by atoms with Crippen LogP contribution in [-0.2, 0) is 14.1 Å². The van der Waals surface area contributed by atoms with Crippen molar-refractivity contribution in [2.45, 2.75) is 57.2 Å². The van der Waals surface area contributed by atoms with Crippen molar-refractivity contribution < 1.29 is 14.1 Å². The molecule has 0 radical (unpaired) electrons.